The summed E-state index contributed by atoms with van der Waals surface area (Å²) < 4.78 is 18.5. The molecule has 110 valence electrons. The Bertz CT molecular complexity index is 426. The largest absolute Gasteiger partial charge is 0.381 e. The quantitative estimate of drug-likeness (QED) is 0.718. The normalized spacial score (nSPS) is 16.6. The predicted molar refractivity (Wildman–Crippen MR) is 76.2 cm³/mol. The van der Waals surface area contributed by atoms with Gasteiger partial charge in [0.25, 0.3) is 0 Å². The van der Waals surface area contributed by atoms with Crippen molar-refractivity contribution in [2.45, 2.75) is 25.7 Å². The first-order valence-corrected chi connectivity index (χ1v) is 7.30. The van der Waals surface area contributed by atoms with Gasteiger partial charge in [-0.05, 0) is 30.5 Å². The fourth-order valence-electron chi connectivity index (χ4n) is 2.40. The lowest BCUT2D eigenvalue weighted by Crippen LogP contribution is -2.34. The van der Waals surface area contributed by atoms with E-state index < -0.39 is 0 Å². The van der Waals surface area contributed by atoms with Crippen molar-refractivity contribution in [3.8, 4) is 0 Å². The molecule has 0 unspecified atom stereocenters. The minimum Gasteiger partial charge on any atom is -0.381 e. The maximum absolute atomic E-state index is 13.0. The molecule has 0 spiro atoms. The van der Waals surface area contributed by atoms with Crippen LogP contribution in [0.3, 0.4) is 0 Å². The molecule has 1 fully saturated rings. The molecule has 0 N–H and O–H groups in total. The molecule has 0 amide bonds. The minimum atomic E-state index is -0.192. The van der Waals surface area contributed by atoms with Gasteiger partial charge in [0, 0.05) is 39.1 Å². The maximum Gasteiger partial charge on any atom is 0.135 e. The van der Waals surface area contributed by atoms with E-state index in [2.05, 4.69) is 4.90 Å². The molecule has 0 atom stereocenters. The monoisotopic (exact) mass is 279 g/mol. The van der Waals surface area contributed by atoms with Crippen molar-refractivity contribution >= 4 is 5.78 Å². The molecule has 20 heavy (non-hydrogen) atoms. The van der Waals surface area contributed by atoms with Crippen molar-refractivity contribution in [1.29, 1.82) is 0 Å². The molecule has 0 radical (unpaired) electrons. The summed E-state index contributed by atoms with van der Waals surface area (Å²) in [4.78, 5) is 13.4. The number of piperidine rings is 1. The van der Waals surface area contributed by atoms with Gasteiger partial charge in [-0.2, -0.15) is 0 Å². The summed E-state index contributed by atoms with van der Waals surface area (Å²) in [5, 5.41) is 0. The summed E-state index contributed by atoms with van der Waals surface area (Å²) in [6, 6.07) is 6.64. The van der Waals surface area contributed by atoms with Gasteiger partial charge in [-0.25, -0.2) is 4.39 Å². The summed E-state index contributed by atoms with van der Waals surface area (Å²) in [6.07, 6.45) is 3.12. The Labute approximate surface area is 119 Å². The standard InChI is InChI=1S/C16H22FNO2/c17-15-4-1-3-14(13-15)7-12-20-11-2-8-18-9-5-16(19)6-10-18/h1,3-4,13H,2,5-12H2. The Morgan fingerprint density at radius 1 is 1.20 bits per heavy atom. The van der Waals surface area contributed by atoms with Gasteiger partial charge in [-0.1, -0.05) is 12.1 Å². The van der Waals surface area contributed by atoms with Gasteiger partial charge in [0.05, 0.1) is 6.61 Å². The molecule has 2 rings (SSSR count). The first-order chi connectivity index (χ1) is 9.74. The van der Waals surface area contributed by atoms with E-state index in [4.69, 9.17) is 4.74 Å². The molecular formula is C16H22FNO2. The van der Waals surface area contributed by atoms with Gasteiger partial charge in [-0.15, -0.1) is 0 Å². The zero-order valence-electron chi connectivity index (χ0n) is 11.8. The Balaban J connectivity index is 1.50. The molecular weight excluding hydrogens is 257 g/mol. The third kappa shape index (κ3) is 5.39. The molecule has 3 nitrogen and oxygen atoms in total. The van der Waals surface area contributed by atoms with Gasteiger partial charge in [0.2, 0.25) is 0 Å². The van der Waals surface area contributed by atoms with E-state index >= 15 is 0 Å². The SMILES string of the molecule is O=C1CCN(CCCOCCc2cccc(F)c2)CC1. The summed E-state index contributed by atoms with van der Waals surface area (Å²) in [5.41, 5.74) is 0.972. The zero-order chi connectivity index (χ0) is 14.2. The number of carbonyl (C=O) groups excluding carboxylic acids is 1. The Morgan fingerprint density at radius 2 is 2.00 bits per heavy atom. The van der Waals surface area contributed by atoms with E-state index in [0.717, 1.165) is 44.6 Å². The number of nitrogens with zero attached hydrogens (tertiary/aromatic N) is 1. The van der Waals surface area contributed by atoms with Gasteiger partial charge in [0.1, 0.15) is 11.6 Å². The number of halogens is 1. The number of hydrogen-bond donors (Lipinski definition) is 0. The van der Waals surface area contributed by atoms with E-state index in [1.54, 1.807) is 12.1 Å². The van der Waals surface area contributed by atoms with Crippen molar-refractivity contribution < 1.29 is 13.9 Å². The third-order valence-electron chi connectivity index (χ3n) is 3.60. The fraction of sp³-hybridized carbons (Fsp3) is 0.562. The number of carbonyl (C=O) groups is 1. The number of hydrogen-bond acceptors (Lipinski definition) is 3. The van der Waals surface area contributed by atoms with Crippen LogP contribution in [-0.2, 0) is 16.0 Å². The molecule has 0 aromatic heterocycles. The molecule has 0 bridgehead atoms. The van der Waals surface area contributed by atoms with Crippen LogP contribution in [0.4, 0.5) is 4.39 Å². The summed E-state index contributed by atoms with van der Waals surface area (Å²) in [5.74, 6) is 0.190. The highest BCUT2D eigenvalue weighted by Gasteiger charge is 2.14. The van der Waals surface area contributed by atoms with Crippen LogP contribution in [0, 0.1) is 5.82 Å². The molecule has 1 heterocycles. The Hall–Kier alpha value is -1.26. The molecule has 1 aromatic rings. The second kappa shape index (κ2) is 8.12. The zero-order valence-corrected chi connectivity index (χ0v) is 11.8. The second-order valence-electron chi connectivity index (χ2n) is 5.23. The van der Waals surface area contributed by atoms with Crippen LogP contribution >= 0.6 is 0 Å². The smallest absolute Gasteiger partial charge is 0.135 e. The first kappa shape index (κ1) is 15.1. The Kier molecular flexibility index (Phi) is 6.15. The number of benzene rings is 1. The summed E-state index contributed by atoms with van der Waals surface area (Å²) in [7, 11) is 0. The average molecular weight is 279 g/mol. The van der Waals surface area contributed by atoms with Gasteiger partial charge in [0.15, 0.2) is 0 Å². The van der Waals surface area contributed by atoms with Crippen LogP contribution in [0.15, 0.2) is 24.3 Å². The van der Waals surface area contributed by atoms with E-state index in [0.29, 0.717) is 25.2 Å². The molecule has 4 heteroatoms. The third-order valence-corrected chi connectivity index (χ3v) is 3.60. The highest BCUT2D eigenvalue weighted by molar-refractivity contribution is 5.79. The van der Waals surface area contributed by atoms with Crippen molar-refractivity contribution in [2.24, 2.45) is 0 Å². The topological polar surface area (TPSA) is 29.5 Å². The summed E-state index contributed by atoms with van der Waals surface area (Å²) >= 11 is 0. The molecule has 1 saturated heterocycles. The highest BCUT2D eigenvalue weighted by atomic mass is 19.1. The molecule has 0 aliphatic carbocycles. The van der Waals surface area contributed by atoms with Gasteiger partial charge < -0.3 is 9.64 Å². The molecule has 1 aromatic carbocycles. The van der Waals surface area contributed by atoms with Crippen LogP contribution < -0.4 is 0 Å². The number of likely N-dealkylation sites (tertiary alicyclic amines) is 1. The highest BCUT2D eigenvalue weighted by Crippen LogP contribution is 2.07. The maximum atomic E-state index is 13.0. The van der Waals surface area contributed by atoms with Crippen molar-refractivity contribution in [2.75, 3.05) is 32.8 Å². The van der Waals surface area contributed by atoms with Gasteiger partial charge >= 0.3 is 0 Å². The fourth-order valence-corrected chi connectivity index (χ4v) is 2.40. The predicted octanol–water partition coefficient (Wildman–Crippen LogP) is 2.44. The van der Waals surface area contributed by atoms with E-state index in [9.17, 15) is 9.18 Å². The molecule has 1 aliphatic heterocycles. The van der Waals surface area contributed by atoms with Crippen LogP contribution in [-0.4, -0.2) is 43.5 Å². The number of ether oxygens (including phenoxy) is 1. The van der Waals surface area contributed by atoms with Crippen LogP contribution in [0.2, 0.25) is 0 Å². The van der Waals surface area contributed by atoms with Gasteiger partial charge in [-0.3, -0.25) is 4.79 Å². The lowest BCUT2D eigenvalue weighted by atomic mass is 10.1. The van der Waals surface area contributed by atoms with Crippen LogP contribution in [0.1, 0.15) is 24.8 Å². The van der Waals surface area contributed by atoms with E-state index in [-0.39, 0.29) is 5.82 Å². The number of ketones is 1. The van der Waals surface area contributed by atoms with Crippen LogP contribution in [0.25, 0.3) is 0 Å². The van der Waals surface area contributed by atoms with E-state index in [1.165, 1.54) is 6.07 Å². The first-order valence-electron chi connectivity index (χ1n) is 7.30. The van der Waals surface area contributed by atoms with Crippen LogP contribution in [0.5, 0.6) is 0 Å². The van der Waals surface area contributed by atoms with Crippen molar-refractivity contribution in [3.05, 3.63) is 35.6 Å². The molecule has 0 saturated carbocycles. The molecule has 1 aliphatic rings. The second-order valence-corrected chi connectivity index (χ2v) is 5.23. The summed E-state index contributed by atoms with van der Waals surface area (Å²) in [6.45, 7) is 4.12. The van der Waals surface area contributed by atoms with E-state index in [1.807, 2.05) is 6.07 Å². The Morgan fingerprint density at radius 3 is 2.75 bits per heavy atom. The number of Topliss-reactive ketones (excluding diaryl/α,β-unsaturated/α-hetero) is 1. The number of rotatable bonds is 7. The van der Waals surface area contributed by atoms with Crippen molar-refractivity contribution in [1.82, 2.24) is 4.90 Å². The van der Waals surface area contributed by atoms with Crippen molar-refractivity contribution in [3.63, 3.8) is 0 Å². The lowest BCUT2D eigenvalue weighted by molar-refractivity contribution is -0.121. The minimum absolute atomic E-state index is 0.192. The lowest BCUT2D eigenvalue weighted by Gasteiger charge is -2.25. The average Bonchev–Trinajstić information content (AvgIpc) is 2.45.